The van der Waals surface area contributed by atoms with Gasteiger partial charge in [-0.15, -0.1) is 24.0 Å². The fourth-order valence-corrected chi connectivity index (χ4v) is 3.88. The van der Waals surface area contributed by atoms with Gasteiger partial charge in [0.15, 0.2) is 5.96 Å². The molecule has 3 heterocycles. The van der Waals surface area contributed by atoms with Crippen molar-refractivity contribution in [1.29, 1.82) is 0 Å². The molecule has 3 N–H and O–H groups in total. The molecule has 0 aliphatic carbocycles. The molecule has 1 unspecified atom stereocenters. The highest BCUT2D eigenvalue weighted by atomic mass is 127. The summed E-state index contributed by atoms with van der Waals surface area (Å²) in [6.45, 7) is 8.78. The maximum Gasteiger partial charge on any atom is 0.189 e. The number of hydrogen-bond acceptors (Lipinski definition) is 5. The van der Waals surface area contributed by atoms with E-state index in [9.17, 15) is 0 Å². The van der Waals surface area contributed by atoms with Crippen molar-refractivity contribution in [2.45, 2.75) is 25.9 Å². The summed E-state index contributed by atoms with van der Waals surface area (Å²) >= 11 is 0. The van der Waals surface area contributed by atoms with Crippen LogP contribution in [0.5, 0.6) is 5.75 Å². The van der Waals surface area contributed by atoms with Gasteiger partial charge in [-0.3, -0.25) is 0 Å². The number of likely N-dealkylation sites (N-methyl/N-ethyl adjacent to an activating group) is 1. The average molecular weight is 522 g/mol. The van der Waals surface area contributed by atoms with Gasteiger partial charge < -0.3 is 25.6 Å². The summed E-state index contributed by atoms with van der Waals surface area (Å²) in [5.74, 6) is 2.41. The number of aliphatic imine (C=N–C) groups is 1. The molecule has 0 saturated carbocycles. The van der Waals surface area contributed by atoms with E-state index >= 15 is 0 Å². The second-order valence-corrected chi connectivity index (χ2v) is 7.52. The molecule has 0 bridgehead atoms. The number of nitrogens with two attached hydrogens (primary N) is 1. The number of hydrogen-bond donors (Lipinski definition) is 2. The zero-order valence-electron chi connectivity index (χ0n) is 17.5. The van der Waals surface area contributed by atoms with E-state index in [4.69, 9.17) is 10.5 Å². The van der Waals surface area contributed by atoms with E-state index in [-0.39, 0.29) is 30.0 Å². The molecule has 4 rings (SSSR count). The molecule has 1 atom stereocenters. The number of pyridine rings is 1. The fraction of sp³-hybridized carbons (Fsp3) is 0.455. The van der Waals surface area contributed by atoms with Crippen molar-refractivity contribution < 1.29 is 4.74 Å². The molecule has 1 saturated heterocycles. The van der Waals surface area contributed by atoms with Crippen LogP contribution in [0.2, 0.25) is 0 Å². The molecule has 1 fully saturated rings. The lowest BCUT2D eigenvalue weighted by Gasteiger charge is -2.34. The van der Waals surface area contributed by atoms with Crippen LogP contribution >= 0.6 is 24.0 Å². The quantitative estimate of drug-likeness (QED) is 0.357. The van der Waals surface area contributed by atoms with Crippen molar-refractivity contribution in [3.63, 3.8) is 0 Å². The lowest BCUT2D eigenvalue weighted by molar-refractivity contribution is 0.262. The van der Waals surface area contributed by atoms with E-state index in [0.29, 0.717) is 19.1 Å². The van der Waals surface area contributed by atoms with Crippen LogP contribution in [-0.4, -0.2) is 55.2 Å². The molecule has 1 aromatic heterocycles. The highest BCUT2D eigenvalue weighted by Gasteiger charge is 2.21. The average Bonchev–Trinajstić information content (AvgIpc) is 2.78. The summed E-state index contributed by atoms with van der Waals surface area (Å²) in [6, 6.07) is 12.4. The number of benzene rings is 1. The van der Waals surface area contributed by atoms with Gasteiger partial charge in [0.1, 0.15) is 11.6 Å². The van der Waals surface area contributed by atoms with Gasteiger partial charge in [-0.2, -0.15) is 0 Å². The molecule has 2 aliphatic heterocycles. The van der Waals surface area contributed by atoms with Crippen LogP contribution < -0.4 is 20.7 Å². The first-order chi connectivity index (χ1) is 14.2. The largest absolute Gasteiger partial charge is 0.493 e. The van der Waals surface area contributed by atoms with Crippen molar-refractivity contribution in [2.24, 2.45) is 10.7 Å². The third-order valence-electron chi connectivity index (χ3n) is 5.67. The molecule has 1 aromatic carbocycles. The van der Waals surface area contributed by atoms with Gasteiger partial charge in [0.25, 0.3) is 0 Å². The Bertz CT molecular complexity index is 836. The zero-order valence-corrected chi connectivity index (χ0v) is 19.8. The predicted octanol–water partition coefficient (Wildman–Crippen LogP) is 2.77. The zero-order chi connectivity index (χ0) is 20.1. The Kier molecular flexibility index (Phi) is 8.15. The smallest absolute Gasteiger partial charge is 0.189 e. The number of piperazine rings is 1. The first-order valence-corrected chi connectivity index (χ1v) is 10.4. The molecule has 7 nitrogen and oxygen atoms in total. The van der Waals surface area contributed by atoms with Crippen LogP contribution in [0, 0.1) is 0 Å². The minimum atomic E-state index is 0. The highest BCUT2D eigenvalue weighted by molar-refractivity contribution is 14.0. The van der Waals surface area contributed by atoms with Gasteiger partial charge in [-0.25, -0.2) is 9.98 Å². The lowest BCUT2D eigenvalue weighted by Crippen LogP contribution is -2.46. The molecular weight excluding hydrogens is 491 g/mol. The van der Waals surface area contributed by atoms with E-state index < -0.39 is 0 Å². The Hall–Kier alpha value is -2.07. The summed E-state index contributed by atoms with van der Waals surface area (Å²) in [7, 11) is 0. The topological polar surface area (TPSA) is 79.0 Å². The van der Waals surface area contributed by atoms with Crippen LogP contribution in [0.1, 0.15) is 30.5 Å². The van der Waals surface area contributed by atoms with Crippen molar-refractivity contribution >= 4 is 35.8 Å². The molecular formula is C22H31IN6O. The Labute approximate surface area is 195 Å². The standard InChI is InChI=1S/C22H30N6O.HI/c1-2-27-10-12-28(13-11-27)21-8-7-17(15-24-21)16-25-22(23)26-19-9-14-29-20-6-4-3-5-18(19)20;/h3-8,15,19H,2,9-14,16H2,1H3,(H3,23,25,26);1H. The number of aromatic nitrogens is 1. The first kappa shape index (κ1) is 22.6. The lowest BCUT2D eigenvalue weighted by atomic mass is 10.0. The summed E-state index contributed by atoms with van der Waals surface area (Å²) in [5, 5.41) is 3.33. The number of fused-ring (bicyclic) bond motifs is 1. The second-order valence-electron chi connectivity index (χ2n) is 7.52. The van der Waals surface area contributed by atoms with Crippen LogP contribution in [0.4, 0.5) is 5.82 Å². The number of rotatable bonds is 5. The van der Waals surface area contributed by atoms with Crippen LogP contribution in [-0.2, 0) is 6.54 Å². The van der Waals surface area contributed by atoms with Gasteiger partial charge in [0, 0.05) is 44.4 Å². The molecule has 30 heavy (non-hydrogen) atoms. The second kappa shape index (κ2) is 10.8. The SMILES string of the molecule is CCN1CCN(c2ccc(CN=C(N)NC3CCOc4ccccc43)cn2)CC1.I. The Morgan fingerprint density at radius 1 is 1.20 bits per heavy atom. The number of anilines is 1. The van der Waals surface area contributed by atoms with Crippen molar-refractivity contribution in [2.75, 3.05) is 44.2 Å². The normalized spacial score (nSPS) is 19.4. The predicted molar refractivity (Wildman–Crippen MR) is 132 cm³/mol. The number of para-hydroxylation sites is 1. The van der Waals surface area contributed by atoms with E-state index in [2.05, 4.69) is 50.2 Å². The van der Waals surface area contributed by atoms with Gasteiger partial charge in [-0.05, 0) is 24.2 Å². The first-order valence-electron chi connectivity index (χ1n) is 10.4. The van der Waals surface area contributed by atoms with Crippen molar-refractivity contribution in [1.82, 2.24) is 15.2 Å². The van der Waals surface area contributed by atoms with Crippen LogP contribution in [0.15, 0.2) is 47.6 Å². The van der Waals surface area contributed by atoms with Gasteiger partial charge >= 0.3 is 0 Å². The molecule has 0 radical (unpaired) electrons. The highest BCUT2D eigenvalue weighted by Crippen LogP contribution is 2.31. The van der Waals surface area contributed by atoms with E-state index in [1.54, 1.807) is 0 Å². The number of nitrogens with one attached hydrogen (secondary N) is 1. The van der Waals surface area contributed by atoms with Crippen molar-refractivity contribution in [3.05, 3.63) is 53.7 Å². The maximum atomic E-state index is 6.15. The summed E-state index contributed by atoms with van der Waals surface area (Å²) < 4.78 is 5.70. The number of halogens is 1. The molecule has 8 heteroatoms. The Morgan fingerprint density at radius 2 is 2.00 bits per heavy atom. The third-order valence-corrected chi connectivity index (χ3v) is 5.67. The third kappa shape index (κ3) is 5.54. The van der Waals surface area contributed by atoms with Crippen molar-refractivity contribution in [3.8, 4) is 5.75 Å². The number of nitrogens with zero attached hydrogens (tertiary/aromatic N) is 4. The summed E-state index contributed by atoms with van der Waals surface area (Å²) in [6.07, 6.45) is 2.77. The van der Waals surface area contributed by atoms with Gasteiger partial charge in [0.05, 0.1) is 19.2 Å². The Balaban J connectivity index is 0.00000256. The van der Waals surface area contributed by atoms with Crippen LogP contribution in [0.3, 0.4) is 0 Å². The van der Waals surface area contributed by atoms with E-state index in [1.807, 2.05) is 24.4 Å². The van der Waals surface area contributed by atoms with E-state index in [1.165, 1.54) is 0 Å². The van der Waals surface area contributed by atoms with Gasteiger partial charge in [-0.1, -0.05) is 31.2 Å². The monoisotopic (exact) mass is 522 g/mol. The van der Waals surface area contributed by atoms with E-state index in [0.717, 1.165) is 61.8 Å². The van der Waals surface area contributed by atoms with Crippen LogP contribution in [0.25, 0.3) is 0 Å². The number of ether oxygens (including phenoxy) is 1. The maximum absolute atomic E-state index is 6.15. The fourth-order valence-electron chi connectivity index (χ4n) is 3.88. The minimum Gasteiger partial charge on any atom is -0.493 e. The Morgan fingerprint density at radius 3 is 2.73 bits per heavy atom. The molecule has 0 amide bonds. The summed E-state index contributed by atoms with van der Waals surface area (Å²) in [5.41, 5.74) is 8.33. The molecule has 2 aromatic rings. The molecule has 0 spiro atoms. The van der Waals surface area contributed by atoms with Gasteiger partial charge in [0.2, 0.25) is 0 Å². The number of guanidine groups is 1. The molecule has 2 aliphatic rings. The summed E-state index contributed by atoms with van der Waals surface area (Å²) in [4.78, 5) is 14.0. The molecule has 162 valence electrons. The minimum absolute atomic E-state index is 0.